The number of carbonyl (C=O) groups excluding carboxylic acids is 1. The minimum Gasteiger partial charge on any atom is -0.481 e. The van der Waals surface area contributed by atoms with Crippen molar-refractivity contribution in [3.63, 3.8) is 0 Å². The summed E-state index contributed by atoms with van der Waals surface area (Å²) >= 11 is 0. The van der Waals surface area contributed by atoms with Gasteiger partial charge in [0.1, 0.15) is 0 Å². The SMILES string of the molecule is O=C(NCCn1ccnc1)NCC1CCCCC1C(=O)O. The van der Waals surface area contributed by atoms with Crippen LogP contribution in [0.3, 0.4) is 0 Å². The maximum Gasteiger partial charge on any atom is 0.314 e. The Kier molecular flexibility index (Phi) is 5.59. The molecule has 116 valence electrons. The summed E-state index contributed by atoms with van der Waals surface area (Å²) in [6.45, 7) is 1.59. The van der Waals surface area contributed by atoms with Crippen molar-refractivity contribution in [1.82, 2.24) is 20.2 Å². The number of aromatic nitrogens is 2. The number of amides is 2. The Balaban J connectivity index is 1.66. The Morgan fingerprint density at radius 1 is 1.29 bits per heavy atom. The molecule has 7 heteroatoms. The normalized spacial score (nSPS) is 21.7. The second-order valence-electron chi connectivity index (χ2n) is 5.43. The van der Waals surface area contributed by atoms with E-state index in [0.29, 0.717) is 26.1 Å². The second kappa shape index (κ2) is 7.66. The van der Waals surface area contributed by atoms with E-state index in [2.05, 4.69) is 15.6 Å². The van der Waals surface area contributed by atoms with Gasteiger partial charge in [0.15, 0.2) is 0 Å². The number of nitrogens with one attached hydrogen (secondary N) is 2. The summed E-state index contributed by atoms with van der Waals surface area (Å²) in [4.78, 5) is 26.8. The molecule has 0 spiro atoms. The van der Waals surface area contributed by atoms with Crippen molar-refractivity contribution >= 4 is 12.0 Å². The summed E-state index contributed by atoms with van der Waals surface area (Å²) in [7, 11) is 0. The fourth-order valence-electron chi connectivity index (χ4n) is 2.78. The average Bonchev–Trinajstić information content (AvgIpc) is 2.98. The monoisotopic (exact) mass is 294 g/mol. The molecule has 21 heavy (non-hydrogen) atoms. The highest BCUT2D eigenvalue weighted by Gasteiger charge is 2.30. The summed E-state index contributed by atoms with van der Waals surface area (Å²) in [6.07, 6.45) is 8.80. The Labute approximate surface area is 123 Å². The first kappa shape index (κ1) is 15.3. The molecular weight excluding hydrogens is 272 g/mol. The molecule has 2 rings (SSSR count). The maximum absolute atomic E-state index is 11.7. The van der Waals surface area contributed by atoms with E-state index in [9.17, 15) is 14.7 Å². The third-order valence-corrected chi connectivity index (χ3v) is 3.97. The van der Waals surface area contributed by atoms with Gasteiger partial charge in [0.05, 0.1) is 12.2 Å². The molecule has 1 aliphatic rings. The highest BCUT2D eigenvalue weighted by Crippen LogP contribution is 2.29. The number of nitrogens with zero attached hydrogens (tertiary/aromatic N) is 2. The number of rotatable bonds is 6. The Bertz CT molecular complexity index is 461. The second-order valence-corrected chi connectivity index (χ2v) is 5.43. The van der Waals surface area contributed by atoms with Crippen molar-refractivity contribution in [1.29, 1.82) is 0 Å². The topological polar surface area (TPSA) is 96.3 Å². The molecule has 1 aromatic rings. The van der Waals surface area contributed by atoms with Gasteiger partial charge in [0, 0.05) is 32.0 Å². The van der Waals surface area contributed by atoms with Gasteiger partial charge < -0.3 is 20.3 Å². The Hall–Kier alpha value is -2.05. The molecule has 1 aliphatic carbocycles. The van der Waals surface area contributed by atoms with E-state index in [-0.39, 0.29) is 17.9 Å². The number of imidazole rings is 1. The minimum atomic E-state index is -0.748. The van der Waals surface area contributed by atoms with Crippen LogP contribution in [-0.2, 0) is 11.3 Å². The van der Waals surface area contributed by atoms with Crippen molar-refractivity contribution in [3.05, 3.63) is 18.7 Å². The Morgan fingerprint density at radius 3 is 2.81 bits per heavy atom. The fraction of sp³-hybridized carbons (Fsp3) is 0.643. The predicted molar refractivity (Wildman–Crippen MR) is 76.7 cm³/mol. The van der Waals surface area contributed by atoms with Gasteiger partial charge in [0.25, 0.3) is 0 Å². The average molecular weight is 294 g/mol. The molecule has 0 saturated heterocycles. The van der Waals surface area contributed by atoms with E-state index in [1.807, 2.05) is 10.8 Å². The third-order valence-electron chi connectivity index (χ3n) is 3.97. The van der Waals surface area contributed by atoms with Gasteiger partial charge in [-0.1, -0.05) is 12.8 Å². The molecule has 1 aromatic heterocycles. The van der Waals surface area contributed by atoms with Crippen molar-refractivity contribution < 1.29 is 14.7 Å². The van der Waals surface area contributed by atoms with Crippen molar-refractivity contribution in [3.8, 4) is 0 Å². The molecule has 0 bridgehead atoms. The van der Waals surface area contributed by atoms with Gasteiger partial charge in [-0.25, -0.2) is 9.78 Å². The predicted octanol–water partition coefficient (Wildman–Crippen LogP) is 1.07. The molecule has 0 aliphatic heterocycles. The maximum atomic E-state index is 11.7. The van der Waals surface area contributed by atoms with Gasteiger partial charge >= 0.3 is 12.0 Å². The van der Waals surface area contributed by atoms with Crippen LogP contribution in [0.1, 0.15) is 25.7 Å². The molecule has 2 amide bonds. The summed E-state index contributed by atoms with van der Waals surface area (Å²) in [5.41, 5.74) is 0. The molecule has 7 nitrogen and oxygen atoms in total. The van der Waals surface area contributed by atoms with Gasteiger partial charge in [-0.2, -0.15) is 0 Å². The number of carboxylic acids is 1. The van der Waals surface area contributed by atoms with E-state index < -0.39 is 5.97 Å². The molecule has 0 radical (unpaired) electrons. The fourth-order valence-corrected chi connectivity index (χ4v) is 2.78. The van der Waals surface area contributed by atoms with Gasteiger partial charge in [-0.15, -0.1) is 0 Å². The number of hydrogen-bond donors (Lipinski definition) is 3. The highest BCUT2D eigenvalue weighted by atomic mass is 16.4. The summed E-state index contributed by atoms with van der Waals surface area (Å²) in [5, 5.41) is 14.7. The van der Waals surface area contributed by atoms with Crippen LogP contribution >= 0.6 is 0 Å². The quantitative estimate of drug-likeness (QED) is 0.731. The molecule has 0 aromatic carbocycles. The van der Waals surface area contributed by atoms with Gasteiger partial charge in [-0.05, 0) is 18.8 Å². The first-order valence-electron chi connectivity index (χ1n) is 7.37. The zero-order valence-electron chi connectivity index (χ0n) is 12.0. The van der Waals surface area contributed by atoms with Crippen LogP contribution in [0, 0.1) is 11.8 Å². The number of carboxylic acid groups (broad SMARTS) is 1. The summed E-state index contributed by atoms with van der Waals surface area (Å²) in [6, 6.07) is -0.246. The smallest absolute Gasteiger partial charge is 0.314 e. The molecule has 2 unspecified atom stereocenters. The lowest BCUT2D eigenvalue weighted by atomic mass is 9.79. The summed E-state index contributed by atoms with van der Waals surface area (Å²) in [5.74, 6) is -1.04. The molecular formula is C14H22N4O3. The number of carbonyl (C=O) groups is 2. The lowest BCUT2D eigenvalue weighted by Gasteiger charge is -2.28. The van der Waals surface area contributed by atoms with Crippen LogP contribution in [0.2, 0.25) is 0 Å². The lowest BCUT2D eigenvalue weighted by Crippen LogP contribution is -2.42. The number of urea groups is 1. The van der Waals surface area contributed by atoms with Crippen LogP contribution in [0.4, 0.5) is 4.79 Å². The number of aliphatic carboxylic acids is 1. The standard InChI is InChI=1S/C14H22N4O3/c19-13(20)12-4-2-1-3-11(12)9-17-14(21)16-6-8-18-7-5-15-10-18/h5,7,10-12H,1-4,6,8-9H2,(H,19,20)(H2,16,17,21). The lowest BCUT2D eigenvalue weighted by molar-refractivity contribution is -0.144. The van der Waals surface area contributed by atoms with Crippen LogP contribution in [0.5, 0.6) is 0 Å². The number of hydrogen-bond acceptors (Lipinski definition) is 3. The van der Waals surface area contributed by atoms with E-state index in [4.69, 9.17) is 0 Å². The van der Waals surface area contributed by atoms with Gasteiger partial charge in [0.2, 0.25) is 0 Å². The molecule has 1 fully saturated rings. The first-order chi connectivity index (χ1) is 10.2. The van der Waals surface area contributed by atoms with Crippen LogP contribution in [0.15, 0.2) is 18.7 Å². The minimum absolute atomic E-state index is 0.0376. The van der Waals surface area contributed by atoms with Crippen LogP contribution in [-0.4, -0.2) is 39.7 Å². The van der Waals surface area contributed by atoms with Crippen molar-refractivity contribution in [2.24, 2.45) is 11.8 Å². The molecule has 1 saturated carbocycles. The highest BCUT2D eigenvalue weighted by molar-refractivity contribution is 5.74. The zero-order valence-corrected chi connectivity index (χ0v) is 12.0. The Morgan fingerprint density at radius 2 is 2.10 bits per heavy atom. The van der Waals surface area contributed by atoms with Crippen molar-refractivity contribution in [2.75, 3.05) is 13.1 Å². The molecule has 2 atom stereocenters. The zero-order chi connectivity index (χ0) is 15.1. The van der Waals surface area contributed by atoms with Crippen molar-refractivity contribution in [2.45, 2.75) is 32.2 Å². The van der Waals surface area contributed by atoms with E-state index in [0.717, 1.165) is 19.3 Å². The van der Waals surface area contributed by atoms with E-state index in [1.54, 1.807) is 12.5 Å². The molecule has 3 N–H and O–H groups in total. The van der Waals surface area contributed by atoms with Crippen LogP contribution < -0.4 is 10.6 Å². The molecule has 1 heterocycles. The van der Waals surface area contributed by atoms with E-state index in [1.165, 1.54) is 0 Å². The third kappa shape index (κ3) is 4.77. The van der Waals surface area contributed by atoms with Crippen LogP contribution in [0.25, 0.3) is 0 Å². The first-order valence-corrected chi connectivity index (χ1v) is 7.37. The van der Waals surface area contributed by atoms with Gasteiger partial charge in [-0.3, -0.25) is 4.79 Å². The largest absolute Gasteiger partial charge is 0.481 e. The van der Waals surface area contributed by atoms with E-state index >= 15 is 0 Å². The summed E-state index contributed by atoms with van der Waals surface area (Å²) < 4.78 is 1.88.